The summed E-state index contributed by atoms with van der Waals surface area (Å²) in [4.78, 5) is 10.4. The molecule has 1 aliphatic carbocycles. The fourth-order valence-electron chi connectivity index (χ4n) is 1.61. The van der Waals surface area contributed by atoms with E-state index in [0.717, 1.165) is 13.0 Å². The Morgan fingerprint density at radius 2 is 2.44 bits per heavy atom. The fourth-order valence-corrected chi connectivity index (χ4v) is 1.61. The summed E-state index contributed by atoms with van der Waals surface area (Å²) >= 11 is 0. The van der Waals surface area contributed by atoms with Gasteiger partial charge < -0.3 is 10.4 Å². The lowest BCUT2D eigenvalue weighted by atomic mass is 10.2. The van der Waals surface area contributed by atoms with Gasteiger partial charge in [-0.15, -0.1) is 0 Å². The normalized spacial score (nSPS) is 46.4. The van der Waals surface area contributed by atoms with Crippen LogP contribution in [0.2, 0.25) is 0 Å². The summed E-state index contributed by atoms with van der Waals surface area (Å²) in [6.07, 6.45) is 1.13. The predicted molar refractivity (Wildman–Crippen MR) is 31.0 cm³/mol. The van der Waals surface area contributed by atoms with Crippen LogP contribution in [0.1, 0.15) is 6.42 Å². The van der Waals surface area contributed by atoms with Crippen LogP contribution in [0.3, 0.4) is 0 Å². The summed E-state index contributed by atoms with van der Waals surface area (Å²) in [5.41, 5.74) is 0. The van der Waals surface area contributed by atoms with Gasteiger partial charge in [0.05, 0.1) is 0 Å². The first kappa shape index (κ1) is 5.23. The molecule has 0 aromatic rings. The van der Waals surface area contributed by atoms with Crippen molar-refractivity contribution >= 4 is 5.97 Å². The molecule has 1 saturated heterocycles. The molecule has 0 spiro atoms. The average Bonchev–Trinajstić information content (AvgIpc) is 2.43. The molecular formula is C6H9NO2. The Labute approximate surface area is 53.1 Å². The number of nitrogens with one attached hydrogen (secondary N) is 1. The van der Waals surface area contributed by atoms with Crippen LogP contribution in [-0.2, 0) is 4.79 Å². The van der Waals surface area contributed by atoms with E-state index >= 15 is 0 Å². The summed E-state index contributed by atoms with van der Waals surface area (Å²) in [6, 6.07) is -0.227. The Morgan fingerprint density at radius 3 is 2.67 bits per heavy atom. The van der Waals surface area contributed by atoms with Gasteiger partial charge >= 0.3 is 5.97 Å². The first-order chi connectivity index (χ1) is 4.29. The van der Waals surface area contributed by atoms with Crippen LogP contribution in [0.4, 0.5) is 0 Å². The molecule has 1 unspecified atom stereocenters. The third-order valence-corrected chi connectivity index (χ3v) is 2.27. The molecule has 50 valence electrons. The van der Waals surface area contributed by atoms with Crippen molar-refractivity contribution in [3.8, 4) is 0 Å². The van der Waals surface area contributed by atoms with Crippen LogP contribution in [-0.4, -0.2) is 23.7 Å². The molecule has 2 rings (SSSR count). The molecule has 2 fully saturated rings. The number of rotatable bonds is 1. The van der Waals surface area contributed by atoms with Gasteiger partial charge in [-0.25, -0.2) is 0 Å². The molecule has 3 atom stereocenters. The van der Waals surface area contributed by atoms with Gasteiger partial charge in [0.1, 0.15) is 6.04 Å². The minimum absolute atomic E-state index is 0.227. The molecule has 3 nitrogen and oxygen atoms in total. The fraction of sp³-hybridized carbons (Fsp3) is 0.833. The van der Waals surface area contributed by atoms with E-state index in [9.17, 15) is 4.79 Å². The quantitative estimate of drug-likeness (QED) is 0.507. The van der Waals surface area contributed by atoms with Crippen molar-refractivity contribution in [2.45, 2.75) is 12.5 Å². The second-order valence-electron chi connectivity index (χ2n) is 2.88. The van der Waals surface area contributed by atoms with Gasteiger partial charge in [0.25, 0.3) is 0 Å². The zero-order valence-corrected chi connectivity index (χ0v) is 5.00. The molecule has 1 heterocycles. The van der Waals surface area contributed by atoms with E-state index in [1.54, 1.807) is 0 Å². The number of hydrogen-bond acceptors (Lipinski definition) is 2. The molecule has 2 aliphatic rings. The van der Waals surface area contributed by atoms with Gasteiger partial charge in [-0.05, 0) is 24.8 Å². The van der Waals surface area contributed by atoms with Crippen molar-refractivity contribution in [3.05, 3.63) is 0 Å². The lowest BCUT2D eigenvalue weighted by Gasteiger charge is -2.04. The molecule has 0 bridgehead atoms. The minimum Gasteiger partial charge on any atom is -0.480 e. The van der Waals surface area contributed by atoms with Gasteiger partial charge in [0.15, 0.2) is 0 Å². The van der Waals surface area contributed by atoms with Crippen molar-refractivity contribution in [3.63, 3.8) is 0 Å². The highest BCUT2D eigenvalue weighted by atomic mass is 16.4. The highest BCUT2D eigenvalue weighted by molar-refractivity contribution is 5.75. The number of aliphatic carboxylic acids is 1. The van der Waals surface area contributed by atoms with Crippen molar-refractivity contribution in [1.82, 2.24) is 5.32 Å². The van der Waals surface area contributed by atoms with Gasteiger partial charge in [0, 0.05) is 0 Å². The number of carboxylic acid groups (broad SMARTS) is 1. The maximum Gasteiger partial charge on any atom is 0.320 e. The van der Waals surface area contributed by atoms with Gasteiger partial charge in [-0.2, -0.15) is 0 Å². The molecular weight excluding hydrogens is 118 g/mol. The third kappa shape index (κ3) is 0.645. The van der Waals surface area contributed by atoms with E-state index in [0.29, 0.717) is 11.8 Å². The van der Waals surface area contributed by atoms with Crippen LogP contribution in [0.25, 0.3) is 0 Å². The number of fused-ring (bicyclic) bond motifs is 1. The number of carboxylic acids is 1. The van der Waals surface area contributed by atoms with Crippen molar-refractivity contribution in [1.29, 1.82) is 0 Å². The smallest absolute Gasteiger partial charge is 0.320 e. The Bertz CT molecular complexity index is 157. The molecule has 3 heteroatoms. The zero-order chi connectivity index (χ0) is 6.43. The van der Waals surface area contributed by atoms with Crippen molar-refractivity contribution < 1.29 is 9.90 Å². The first-order valence-corrected chi connectivity index (χ1v) is 3.25. The maximum atomic E-state index is 10.4. The maximum absolute atomic E-state index is 10.4. The minimum atomic E-state index is -0.681. The molecule has 2 N–H and O–H groups in total. The Balaban J connectivity index is 2.06. The summed E-state index contributed by atoms with van der Waals surface area (Å²) in [5.74, 6) is 0.466. The number of piperidine rings is 1. The highest BCUT2D eigenvalue weighted by Gasteiger charge is 2.51. The van der Waals surface area contributed by atoms with Crippen LogP contribution < -0.4 is 5.32 Å². The lowest BCUT2D eigenvalue weighted by Crippen LogP contribution is -2.34. The predicted octanol–water partition coefficient (Wildman–Crippen LogP) is -0.321. The van der Waals surface area contributed by atoms with Crippen LogP contribution in [0.15, 0.2) is 0 Å². The second kappa shape index (κ2) is 1.48. The van der Waals surface area contributed by atoms with E-state index in [4.69, 9.17) is 5.11 Å². The summed E-state index contributed by atoms with van der Waals surface area (Å²) < 4.78 is 0. The molecule has 9 heavy (non-hydrogen) atoms. The standard InChI is InChI=1S/C6H9NO2/c8-6(9)5-4-1-3(4)2-7-5/h3-5,7H,1-2H2,(H,8,9)/t3-,4-,5?/m1/s1. The third-order valence-electron chi connectivity index (χ3n) is 2.27. The summed E-state index contributed by atoms with van der Waals surface area (Å²) in [7, 11) is 0. The van der Waals surface area contributed by atoms with Crippen molar-refractivity contribution in [2.75, 3.05) is 6.54 Å². The molecule has 1 aliphatic heterocycles. The summed E-state index contributed by atoms with van der Waals surface area (Å²) in [6.45, 7) is 0.918. The van der Waals surface area contributed by atoms with Crippen molar-refractivity contribution in [2.24, 2.45) is 11.8 Å². The van der Waals surface area contributed by atoms with E-state index in [-0.39, 0.29) is 6.04 Å². The highest BCUT2D eigenvalue weighted by Crippen LogP contribution is 2.44. The Hall–Kier alpha value is -0.570. The van der Waals surface area contributed by atoms with Gasteiger partial charge in [0.2, 0.25) is 0 Å². The van der Waals surface area contributed by atoms with Crippen LogP contribution in [0, 0.1) is 11.8 Å². The monoisotopic (exact) mass is 127 g/mol. The van der Waals surface area contributed by atoms with Gasteiger partial charge in [-0.1, -0.05) is 0 Å². The van der Waals surface area contributed by atoms with Crippen LogP contribution >= 0.6 is 0 Å². The molecule has 0 aromatic carbocycles. The van der Waals surface area contributed by atoms with E-state index in [1.807, 2.05) is 0 Å². The number of carbonyl (C=O) groups is 1. The SMILES string of the molecule is O=C(O)C1NC[C@H]2C[C@@H]12. The largest absolute Gasteiger partial charge is 0.480 e. The van der Waals surface area contributed by atoms with E-state index in [1.165, 1.54) is 0 Å². The van der Waals surface area contributed by atoms with E-state index < -0.39 is 5.97 Å². The molecule has 0 aromatic heterocycles. The molecule has 1 saturated carbocycles. The number of hydrogen-bond donors (Lipinski definition) is 2. The second-order valence-corrected chi connectivity index (χ2v) is 2.88. The molecule has 0 radical (unpaired) electrons. The van der Waals surface area contributed by atoms with Crippen LogP contribution in [0.5, 0.6) is 0 Å². The Kier molecular flexibility index (Phi) is 0.858. The lowest BCUT2D eigenvalue weighted by molar-refractivity contribution is -0.139. The van der Waals surface area contributed by atoms with E-state index in [2.05, 4.69) is 5.32 Å². The Morgan fingerprint density at radius 1 is 1.67 bits per heavy atom. The van der Waals surface area contributed by atoms with Gasteiger partial charge in [-0.3, -0.25) is 4.79 Å². The molecule has 0 amide bonds. The first-order valence-electron chi connectivity index (χ1n) is 3.25. The topological polar surface area (TPSA) is 49.3 Å². The zero-order valence-electron chi connectivity index (χ0n) is 5.00. The summed E-state index contributed by atoms with van der Waals surface area (Å²) in [5, 5.41) is 11.5. The average molecular weight is 127 g/mol.